The average Bonchev–Trinajstić information content (AvgIpc) is 2.47. The molecule has 2 rings (SSSR count). The summed E-state index contributed by atoms with van der Waals surface area (Å²) < 4.78 is 5.00. The van der Waals surface area contributed by atoms with Crippen molar-refractivity contribution < 1.29 is 9.53 Å². The highest BCUT2D eigenvalue weighted by Gasteiger charge is 2.22. The summed E-state index contributed by atoms with van der Waals surface area (Å²) in [5.41, 5.74) is 3.42. The molecule has 0 aliphatic carbocycles. The molecule has 0 saturated carbocycles. The van der Waals surface area contributed by atoms with Crippen molar-refractivity contribution in [2.75, 3.05) is 38.2 Å². The highest BCUT2D eigenvalue weighted by Crippen LogP contribution is 2.10. The Hall–Kier alpha value is -1.93. The summed E-state index contributed by atoms with van der Waals surface area (Å²) in [7, 11) is 0. The lowest BCUT2D eigenvalue weighted by atomic mass is 10.3. The zero-order valence-corrected chi connectivity index (χ0v) is 12.5. The van der Waals surface area contributed by atoms with Gasteiger partial charge in [0.2, 0.25) is 0 Å². The number of piperazine rings is 1. The van der Waals surface area contributed by atoms with Crippen LogP contribution in [-0.4, -0.2) is 58.6 Å². The Morgan fingerprint density at radius 2 is 2.10 bits per heavy atom. The SMILES string of the molecule is CCOC(=O)N1CCN(Cc2nc(C)cc(NN)n2)CC1. The van der Waals surface area contributed by atoms with Gasteiger partial charge in [0.15, 0.2) is 0 Å². The van der Waals surface area contributed by atoms with Gasteiger partial charge >= 0.3 is 6.09 Å². The summed E-state index contributed by atoms with van der Waals surface area (Å²) >= 11 is 0. The molecule has 1 aliphatic heterocycles. The van der Waals surface area contributed by atoms with Crippen molar-refractivity contribution in [1.82, 2.24) is 19.8 Å². The molecule has 0 atom stereocenters. The lowest BCUT2D eigenvalue weighted by Gasteiger charge is -2.33. The number of aromatic nitrogens is 2. The van der Waals surface area contributed by atoms with Gasteiger partial charge in [0, 0.05) is 37.9 Å². The number of nitrogen functional groups attached to an aromatic ring is 1. The Bertz CT molecular complexity index is 488. The molecule has 116 valence electrons. The maximum Gasteiger partial charge on any atom is 0.409 e. The summed E-state index contributed by atoms with van der Waals surface area (Å²) in [6, 6.07) is 1.79. The van der Waals surface area contributed by atoms with Gasteiger partial charge in [-0.15, -0.1) is 0 Å². The lowest BCUT2D eigenvalue weighted by Crippen LogP contribution is -2.48. The number of nitrogens with two attached hydrogens (primary N) is 1. The van der Waals surface area contributed by atoms with E-state index in [9.17, 15) is 4.79 Å². The van der Waals surface area contributed by atoms with Crippen LogP contribution < -0.4 is 11.3 Å². The fraction of sp³-hybridized carbons (Fsp3) is 0.615. The predicted octanol–water partition coefficient (Wildman–Crippen LogP) is 0.345. The maximum absolute atomic E-state index is 11.6. The number of aryl methyl sites for hydroxylation is 1. The molecule has 1 fully saturated rings. The molecule has 1 aromatic heterocycles. The maximum atomic E-state index is 11.6. The summed E-state index contributed by atoms with van der Waals surface area (Å²) in [4.78, 5) is 24.3. The minimum absolute atomic E-state index is 0.237. The van der Waals surface area contributed by atoms with E-state index in [4.69, 9.17) is 10.6 Å². The van der Waals surface area contributed by atoms with Gasteiger partial charge in [-0.3, -0.25) is 4.90 Å². The van der Waals surface area contributed by atoms with Crippen molar-refractivity contribution in [2.24, 2.45) is 5.84 Å². The van der Waals surface area contributed by atoms with Crippen LogP contribution >= 0.6 is 0 Å². The van der Waals surface area contributed by atoms with E-state index < -0.39 is 0 Å². The van der Waals surface area contributed by atoms with Gasteiger partial charge in [0.05, 0.1) is 13.2 Å². The van der Waals surface area contributed by atoms with Gasteiger partial charge in [-0.1, -0.05) is 0 Å². The van der Waals surface area contributed by atoms with Crippen molar-refractivity contribution >= 4 is 11.9 Å². The molecule has 0 spiro atoms. The molecular formula is C13H22N6O2. The first kappa shape index (κ1) is 15.5. The Morgan fingerprint density at radius 3 is 2.71 bits per heavy atom. The summed E-state index contributed by atoms with van der Waals surface area (Å²) in [5, 5.41) is 0. The second-order valence-electron chi connectivity index (χ2n) is 4.92. The average molecular weight is 294 g/mol. The first-order valence-electron chi connectivity index (χ1n) is 7.07. The van der Waals surface area contributed by atoms with E-state index in [-0.39, 0.29) is 6.09 Å². The van der Waals surface area contributed by atoms with Gasteiger partial charge in [-0.05, 0) is 13.8 Å². The van der Waals surface area contributed by atoms with Crippen LogP contribution in [-0.2, 0) is 11.3 Å². The second-order valence-corrected chi connectivity index (χ2v) is 4.92. The molecule has 1 aliphatic rings. The van der Waals surface area contributed by atoms with Crippen LogP contribution in [0.4, 0.5) is 10.6 Å². The quantitative estimate of drug-likeness (QED) is 0.610. The fourth-order valence-electron chi connectivity index (χ4n) is 2.28. The summed E-state index contributed by atoms with van der Waals surface area (Å²) in [6.07, 6.45) is -0.237. The number of nitrogens with zero attached hydrogens (tertiary/aromatic N) is 4. The highest BCUT2D eigenvalue weighted by molar-refractivity contribution is 5.67. The molecule has 1 aromatic rings. The van der Waals surface area contributed by atoms with Crippen LogP contribution in [0.3, 0.4) is 0 Å². The third-order valence-corrected chi connectivity index (χ3v) is 3.31. The molecule has 3 N–H and O–H groups in total. The van der Waals surface area contributed by atoms with Crippen LogP contribution in [0.25, 0.3) is 0 Å². The van der Waals surface area contributed by atoms with E-state index in [2.05, 4.69) is 20.3 Å². The first-order chi connectivity index (χ1) is 10.1. The second kappa shape index (κ2) is 7.19. The number of anilines is 1. The van der Waals surface area contributed by atoms with Crippen molar-refractivity contribution in [2.45, 2.75) is 20.4 Å². The number of amides is 1. The van der Waals surface area contributed by atoms with Crippen LogP contribution in [0.5, 0.6) is 0 Å². The Morgan fingerprint density at radius 1 is 1.38 bits per heavy atom. The van der Waals surface area contributed by atoms with Gasteiger partial charge in [0.25, 0.3) is 0 Å². The molecule has 0 radical (unpaired) electrons. The van der Waals surface area contributed by atoms with E-state index in [0.717, 1.165) is 24.6 Å². The topological polar surface area (TPSA) is 96.6 Å². The number of nitrogens with one attached hydrogen (secondary N) is 1. The fourth-order valence-corrected chi connectivity index (χ4v) is 2.28. The number of hydrogen-bond acceptors (Lipinski definition) is 7. The minimum Gasteiger partial charge on any atom is -0.450 e. The third-order valence-electron chi connectivity index (χ3n) is 3.31. The van der Waals surface area contributed by atoms with Crippen LogP contribution in [0.2, 0.25) is 0 Å². The number of carbonyl (C=O) groups excluding carboxylic acids is 1. The molecule has 0 bridgehead atoms. The van der Waals surface area contributed by atoms with Crippen molar-refractivity contribution in [3.8, 4) is 0 Å². The molecule has 8 heteroatoms. The molecule has 1 saturated heterocycles. The number of rotatable bonds is 4. The first-order valence-corrected chi connectivity index (χ1v) is 7.07. The van der Waals surface area contributed by atoms with Crippen molar-refractivity contribution in [3.05, 3.63) is 17.6 Å². The van der Waals surface area contributed by atoms with Gasteiger partial charge in [-0.2, -0.15) is 0 Å². The summed E-state index contributed by atoms with van der Waals surface area (Å²) in [6.45, 7) is 7.65. The van der Waals surface area contributed by atoms with E-state index >= 15 is 0 Å². The minimum atomic E-state index is -0.237. The molecule has 0 aromatic carbocycles. The Balaban J connectivity index is 1.89. The van der Waals surface area contributed by atoms with Gasteiger partial charge in [-0.25, -0.2) is 20.6 Å². The zero-order valence-electron chi connectivity index (χ0n) is 12.5. The summed E-state index contributed by atoms with van der Waals surface area (Å²) in [5.74, 6) is 6.73. The standard InChI is InChI=1S/C13H22N6O2/c1-3-21-13(20)19-6-4-18(5-7-19)9-12-15-10(2)8-11(16-12)17-14/h8H,3-7,9,14H2,1-2H3,(H,15,16,17). The highest BCUT2D eigenvalue weighted by atomic mass is 16.6. The third kappa shape index (κ3) is 4.27. The van der Waals surface area contributed by atoms with Gasteiger partial charge < -0.3 is 15.1 Å². The Kier molecular flexibility index (Phi) is 5.29. The van der Waals surface area contributed by atoms with Crippen molar-refractivity contribution in [3.63, 3.8) is 0 Å². The molecule has 1 amide bonds. The van der Waals surface area contributed by atoms with Crippen molar-refractivity contribution in [1.29, 1.82) is 0 Å². The molecular weight excluding hydrogens is 272 g/mol. The van der Waals surface area contributed by atoms with Crippen LogP contribution in [0.1, 0.15) is 18.4 Å². The number of hydrazine groups is 1. The number of carbonyl (C=O) groups is 1. The number of hydrogen-bond donors (Lipinski definition) is 2. The lowest BCUT2D eigenvalue weighted by molar-refractivity contribution is 0.0772. The predicted molar refractivity (Wildman–Crippen MR) is 78.5 cm³/mol. The smallest absolute Gasteiger partial charge is 0.409 e. The van der Waals surface area contributed by atoms with Gasteiger partial charge in [0.1, 0.15) is 11.6 Å². The normalized spacial score (nSPS) is 15.9. The zero-order chi connectivity index (χ0) is 15.2. The number of ether oxygens (including phenoxy) is 1. The molecule has 0 unspecified atom stereocenters. The largest absolute Gasteiger partial charge is 0.450 e. The van der Waals surface area contributed by atoms with Crippen LogP contribution in [0.15, 0.2) is 6.07 Å². The van der Waals surface area contributed by atoms with E-state index in [1.54, 1.807) is 11.0 Å². The monoisotopic (exact) mass is 294 g/mol. The van der Waals surface area contributed by atoms with E-state index in [1.165, 1.54) is 0 Å². The molecule has 8 nitrogen and oxygen atoms in total. The molecule has 2 heterocycles. The van der Waals surface area contributed by atoms with Crippen LogP contribution in [0, 0.1) is 6.92 Å². The molecule has 21 heavy (non-hydrogen) atoms. The van der Waals surface area contributed by atoms with E-state index in [1.807, 2.05) is 13.8 Å². The Labute approximate surface area is 124 Å². The van der Waals surface area contributed by atoms with E-state index in [0.29, 0.717) is 32.1 Å².